The van der Waals surface area contributed by atoms with Crippen molar-refractivity contribution < 1.29 is 4.84 Å². The fourth-order valence-corrected chi connectivity index (χ4v) is 1.26. The van der Waals surface area contributed by atoms with E-state index in [9.17, 15) is 0 Å². The molecular weight excluding hydrogens is 190 g/mol. The summed E-state index contributed by atoms with van der Waals surface area (Å²) in [5, 5.41) is 8.36. The number of halogens is 1. The van der Waals surface area contributed by atoms with Crippen LogP contribution in [-0.2, 0) is 0 Å². The van der Waals surface area contributed by atoms with Crippen molar-refractivity contribution in [1.29, 1.82) is 0 Å². The third kappa shape index (κ3) is 1.45. The molecule has 0 amide bonds. The molecule has 0 aliphatic rings. The first-order valence-corrected chi connectivity index (χ1v) is 4.33. The van der Waals surface area contributed by atoms with E-state index in [1.807, 2.05) is 13.0 Å². The lowest BCUT2D eigenvalue weighted by Crippen LogP contribution is -2.11. The molecule has 0 spiro atoms. The predicted octanol–water partition coefficient (Wildman–Crippen LogP) is 1.53. The Morgan fingerprint density at radius 2 is 2.38 bits per heavy atom. The highest BCUT2D eigenvalue weighted by Crippen LogP contribution is 2.15. The van der Waals surface area contributed by atoms with Crippen molar-refractivity contribution in [3.63, 3.8) is 0 Å². The molecule has 0 aliphatic carbocycles. The van der Waals surface area contributed by atoms with Crippen LogP contribution in [0.5, 0.6) is 0 Å². The van der Waals surface area contributed by atoms with E-state index >= 15 is 0 Å². The van der Waals surface area contributed by atoms with Crippen LogP contribution in [0.3, 0.4) is 0 Å². The molecule has 13 heavy (non-hydrogen) atoms. The Balaban J connectivity index is 2.55. The van der Waals surface area contributed by atoms with E-state index in [0.29, 0.717) is 11.6 Å². The Morgan fingerprint density at radius 1 is 1.54 bits per heavy atom. The Morgan fingerprint density at radius 3 is 3.15 bits per heavy atom. The minimum atomic E-state index is 0.557. The Bertz CT molecular complexity index is 426. The maximum absolute atomic E-state index is 5.79. The van der Waals surface area contributed by atoms with Crippen molar-refractivity contribution in [3.8, 4) is 0 Å². The van der Waals surface area contributed by atoms with E-state index in [1.165, 1.54) is 4.85 Å². The highest BCUT2D eigenvalue weighted by atomic mass is 35.5. The SMILES string of the molecule is CCOn1nnc2cc(Cl)ccc21. The van der Waals surface area contributed by atoms with Gasteiger partial charge in [0, 0.05) is 5.02 Å². The van der Waals surface area contributed by atoms with Crippen LogP contribution in [0.2, 0.25) is 5.02 Å². The van der Waals surface area contributed by atoms with E-state index in [1.54, 1.807) is 12.1 Å². The standard InChI is InChI=1S/C8H8ClN3O/c1-2-13-12-8-4-3-6(9)5-7(8)10-11-12/h3-5H,2H2,1H3. The minimum Gasteiger partial charge on any atom is -0.395 e. The lowest BCUT2D eigenvalue weighted by atomic mass is 10.3. The van der Waals surface area contributed by atoms with Crippen molar-refractivity contribution in [2.45, 2.75) is 6.92 Å². The van der Waals surface area contributed by atoms with Crippen LogP contribution in [-0.4, -0.2) is 21.8 Å². The molecule has 1 aromatic carbocycles. The molecule has 68 valence electrons. The van der Waals surface area contributed by atoms with Crippen LogP contribution in [0, 0.1) is 0 Å². The second kappa shape index (κ2) is 3.22. The molecule has 1 aromatic heterocycles. The summed E-state index contributed by atoms with van der Waals surface area (Å²) in [4.78, 5) is 6.59. The number of nitrogens with zero attached hydrogens (tertiary/aromatic N) is 3. The van der Waals surface area contributed by atoms with Gasteiger partial charge in [-0.2, -0.15) is 0 Å². The molecule has 4 nitrogen and oxygen atoms in total. The van der Waals surface area contributed by atoms with E-state index in [2.05, 4.69) is 10.3 Å². The second-order valence-corrected chi connectivity index (χ2v) is 2.95. The summed E-state index contributed by atoms with van der Waals surface area (Å²) in [7, 11) is 0. The van der Waals surface area contributed by atoms with Gasteiger partial charge in [-0.15, -0.1) is 5.10 Å². The normalized spacial score (nSPS) is 10.6. The van der Waals surface area contributed by atoms with Gasteiger partial charge in [0.25, 0.3) is 0 Å². The zero-order valence-electron chi connectivity index (χ0n) is 7.07. The van der Waals surface area contributed by atoms with Gasteiger partial charge in [0.1, 0.15) is 17.6 Å². The van der Waals surface area contributed by atoms with Crippen LogP contribution in [0.4, 0.5) is 0 Å². The topological polar surface area (TPSA) is 39.9 Å². The first-order chi connectivity index (χ1) is 6.31. The number of rotatable bonds is 2. The zero-order chi connectivity index (χ0) is 9.26. The van der Waals surface area contributed by atoms with E-state index < -0.39 is 0 Å². The third-order valence-electron chi connectivity index (χ3n) is 1.63. The lowest BCUT2D eigenvalue weighted by molar-refractivity contribution is 0.0979. The summed E-state index contributed by atoms with van der Waals surface area (Å²) in [6, 6.07) is 5.36. The maximum atomic E-state index is 5.79. The molecule has 2 rings (SSSR count). The maximum Gasteiger partial charge on any atom is 0.130 e. The highest BCUT2D eigenvalue weighted by Gasteiger charge is 2.04. The summed E-state index contributed by atoms with van der Waals surface area (Å²) in [6.07, 6.45) is 0. The van der Waals surface area contributed by atoms with E-state index in [-0.39, 0.29) is 0 Å². The average molecular weight is 198 g/mol. The van der Waals surface area contributed by atoms with Crippen LogP contribution < -0.4 is 4.84 Å². The molecule has 0 radical (unpaired) electrons. The predicted molar refractivity (Wildman–Crippen MR) is 49.7 cm³/mol. The Hall–Kier alpha value is -1.29. The van der Waals surface area contributed by atoms with Crippen LogP contribution in [0.15, 0.2) is 18.2 Å². The van der Waals surface area contributed by atoms with Gasteiger partial charge in [-0.05, 0) is 30.3 Å². The summed E-state index contributed by atoms with van der Waals surface area (Å²) in [5.74, 6) is 0. The average Bonchev–Trinajstić information content (AvgIpc) is 2.49. The summed E-state index contributed by atoms with van der Waals surface area (Å²) < 4.78 is 0. The third-order valence-corrected chi connectivity index (χ3v) is 1.86. The van der Waals surface area contributed by atoms with E-state index in [0.717, 1.165) is 11.0 Å². The fraction of sp³-hybridized carbons (Fsp3) is 0.250. The number of hydrogen-bond acceptors (Lipinski definition) is 3. The van der Waals surface area contributed by atoms with Crippen LogP contribution >= 0.6 is 11.6 Å². The number of fused-ring (bicyclic) bond motifs is 1. The molecule has 0 bridgehead atoms. The molecule has 0 unspecified atom stereocenters. The molecule has 2 aromatic rings. The van der Waals surface area contributed by atoms with Gasteiger partial charge in [0.15, 0.2) is 0 Å². The monoisotopic (exact) mass is 197 g/mol. The smallest absolute Gasteiger partial charge is 0.130 e. The van der Waals surface area contributed by atoms with E-state index in [4.69, 9.17) is 16.4 Å². The van der Waals surface area contributed by atoms with Crippen molar-refractivity contribution in [2.24, 2.45) is 0 Å². The van der Waals surface area contributed by atoms with Crippen molar-refractivity contribution in [1.82, 2.24) is 15.2 Å². The fourth-order valence-electron chi connectivity index (χ4n) is 1.09. The molecule has 0 fully saturated rings. The van der Waals surface area contributed by atoms with Gasteiger partial charge in [-0.1, -0.05) is 16.4 Å². The van der Waals surface area contributed by atoms with Gasteiger partial charge in [-0.25, -0.2) is 0 Å². The van der Waals surface area contributed by atoms with Gasteiger partial charge in [-0.3, -0.25) is 0 Å². The van der Waals surface area contributed by atoms with Gasteiger partial charge in [0.05, 0.1) is 0 Å². The number of aromatic nitrogens is 3. The minimum absolute atomic E-state index is 0.557. The molecule has 5 heteroatoms. The molecule has 1 heterocycles. The van der Waals surface area contributed by atoms with Crippen LogP contribution in [0.1, 0.15) is 6.92 Å². The molecule has 0 atom stereocenters. The summed E-state index contributed by atoms with van der Waals surface area (Å²) >= 11 is 5.79. The lowest BCUT2D eigenvalue weighted by Gasteiger charge is -2.00. The highest BCUT2D eigenvalue weighted by molar-refractivity contribution is 6.31. The first kappa shape index (κ1) is 8.31. The second-order valence-electron chi connectivity index (χ2n) is 2.51. The first-order valence-electron chi connectivity index (χ1n) is 3.95. The van der Waals surface area contributed by atoms with Crippen molar-refractivity contribution in [3.05, 3.63) is 23.2 Å². The Labute approximate surface area is 80.0 Å². The molecule has 0 saturated heterocycles. The van der Waals surface area contributed by atoms with Gasteiger partial charge < -0.3 is 4.84 Å². The molecular formula is C8H8ClN3O. The summed E-state index contributed by atoms with van der Waals surface area (Å²) in [6.45, 7) is 2.45. The zero-order valence-corrected chi connectivity index (χ0v) is 7.82. The van der Waals surface area contributed by atoms with Crippen LogP contribution in [0.25, 0.3) is 11.0 Å². The van der Waals surface area contributed by atoms with Crippen molar-refractivity contribution in [2.75, 3.05) is 6.61 Å². The molecule has 0 saturated carbocycles. The number of hydrogen-bond donors (Lipinski definition) is 0. The summed E-state index contributed by atoms with van der Waals surface area (Å²) in [5.41, 5.74) is 1.56. The van der Waals surface area contributed by atoms with Gasteiger partial charge >= 0.3 is 0 Å². The molecule has 0 N–H and O–H groups in total. The number of benzene rings is 1. The largest absolute Gasteiger partial charge is 0.395 e. The Kier molecular flexibility index (Phi) is 2.06. The molecule has 0 aliphatic heterocycles. The van der Waals surface area contributed by atoms with Gasteiger partial charge in [0.2, 0.25) is 0 Å². The van der Waals surface area contributed by atoms with Crippen molar-refractivity contribution >= 4 is 22.6 Å². The quantitative estimate of drug-likeness (QED) is 0.733.